The topological polar surface area (TPSA) is 88.0 Å². The monoisotopic (exact) mass is 739 g/mol. The smallest absolute Gasteiger partial charge is 0.179 e. The molecule has 9 aromatic rings. The van der Waals surface area contributed by atoms with Gasteiger partial charge in [0.15, 0.2) is 23.2 Å². The van der Waals surface area contributed by atoms with E-state index in [2.05, 4.69) is 86.0 Å². The average molecular weight is 740 g/mol. The number of furan rings is 1. The van der Waals surface area contributed by atoms with Crippen molar-refractivity contribution in [3.05, 3.63) is 194 Å². The van der Waals surface area contributed by atoms with Crippen molar-refractivity contribution in [2.45, 2.75) is 0 Å². The second-order valence-corrected chi connectivity index (χ2v) is 14.2. The standard InChI is InChI=1S/C49H33N5OS/c1-3-4-14-31(2)43(50)45-44(39-19-11-12-22-41(39)55-45)51-30-32-23-28-37-38-20-13-21-40(46(38)56-42(37)29-32)49-53-47(35-17-9-6-10-18-35)52-48(54-49)36-26-24-34(25-27-36)33-15-7-5-8-16-33/h3-30,50H,1-2H2/b14-4-,50-43?,51-30?. The van der Waals surface area contributed by atoms with Crippen LogP contribution in [0.15, 0.2) is 192 Å². The van der Waals surface area contributed by atoms with Gasteiger partial charge >= 0.3 is 0 Å². The maximum atomic E-state index is 8.83. The van der Waals surface area contributed by atoms with Crippen molar-refractivity contribution < 1.29 is 4.42 Å². The highest BCUT2D eigenvalue weighted by Gasteiger charge is 2.20. The van der Waals surface area contributed by atoms with Gasteiger partial charge in [0, 0.05) is 48.5 Å². The third-order valence-corrected chi connectivity index (χ3v) is 10.8. The van der Waals surface area contributed by atoms with E-state index in [1.807, 2.05) is 79.0 Å². The Bertz CT molecular complexity index is 3010. The molecule has 0 spiro atoms. The summed E-state index contributed by atoms with van der Waals surface area (Å²) in [7, 11) is 0. The molecule has 0 aliphatic rings. The lowest BCUT2D eigenvalue weighted by atomic mass is 10.0. The zero-order chi connectivity index (χ0) is 38.0. The van der Waals surface area contributed by atoms with Crippen molar-refractivity contribution in [1.82, 2.24) is 15.0 Å². The highest BCUT2D eigenvalue weighted by Crippen LogP contribution is 2.40. The van der Waals surface area contributed by atoms with E-state index in [4.69, 9.17) is 29.8 Å². The van der Waals surface area contributed by atoms with E-state index in [9.17, 15) is 0 Å². The van der Waals surface area contributed by atoms with Crippen LogP contribution < -0.4 is 0 Å². The molecule has 7 heteroatoms. The quantitative estimate of drug-likeness (QED) is 0.112. The second-order valence-electron chi connectivity index (χ2n) is 13.2. The van der Waals surface area contributed by atoms with Crippen LogP contribution in [0, 0.1) is 5.41 Å². The van der Waals surface area contributed by atoms with Gasteiger partial charge in [0.05, 0.1) is 0 Å². The van der Waals surface area contributed by atoms with Crippen molar-refractivity contribution in [1.29, 1.82) is 5.41 Å². The first-order valence-corrected chi connectivity index (χ1v) is 18.9. The Hall–Kier alpha value is -7.35. The molecule has 3 heterocycles. The first-order chi connectivity index (χ1) is 27.5. The highest BCUT2D eigenvalue weighted by molar-refractivity contribution is 7.26. The Morgan fingerprint density at radius 2 is 1.27 bits per heavy atom. The number of rotatable bonds is 10. The Morgan fingerprint density at radius 1 is 0.643 bits per heavy atom. The summed E-state index contributed by atoms with van der Waals surface area (Å²) in [5.41, 5.74) is 7.92. The molecule has 0 bridgehead atoms. The molecule has 6 nitrogen and oxygen atoms in total. The minimum atomic E-state index is 0.167. The molecule has 0 aliphatic heterocycles. The van der Waals surface area contributed by atoms with Crippen molar-refractivity contribution in [3.8, 4) is 45.3 Å². The van der Waals surface area contributed by atoms with Crippen LogP contribution in [0.1, 0.15) is 11.3 Å². The second kappa shape index (κ2) is 14.8. The zero-order valence-electron chi connectivity index (χ0n) is 30.2. The Balaban J connectivity index is 1.11. The summed E-state index contributed by atoms with van der Waals surface area (Å²) in [4.78, 5) is 20.0. The van der Waals surface area contributed by atoms with E-state index in [0.29, 0.717) is 40.1 Å². The van der Waals surface area contributed by atoms with E-state index in [1.54, 1.807) is 29.6 Å². The van der Waals surface area contributed by atoms with Crippen LogP contribution in [0.25, 0.3) is 76.4 Å². The molecule has 0 radical (unpaired) electrons. The molecule has 9 rings (SSSR count). The molecule has 0 amide bonds. The number of para-hydroxylation sites is 1. The maximum absolute atomic E-state index is 8.83. The molecule has 0 unspecified atom stereocenters. The predicted molar refractivity (Wildman–Crippen MR) is 233 cm³/mol. The maximum Gasteiger partial charge on any atom is 0.179 e. The van der Waals surface area contributed by atoms with E-state index in [-0.39, 0.29) is 5.71 Å². The average Bonchev–Trinajstić information content (AvgIpc) is 3.83. The van der Waals surface area contributed by atoms with E-state index < -0.39 is 0 Å². The van der Waals surface area contributed by atoms with Gasteiger partial charge in [0.1, 0.15) is 17.0 Å². The fourth-order valence-electron chi connectivity index (χ4n) is 6.74. The summed E-state index contributed by atoms with van der Waals surface area (Å²) in [5.74, 6) is 2.22. The molecule has 266 valence electrons. The summed E-state index contributed by atoms with van der Waals surface area (Å²) >= 11 is 1.70. The molecule has 0 fully saturated rings. The number of benzene rings is 6. The summed E-state index contributed by atoms with van der Waals surface area (Å²) in [6, 6.07) is 49.1. The Labute approximate surface area is 327 Å². The van der Waals surface area contributed by atoms with Crippen LogP contribution >= 0.6 is 11.3 Å². The van der Waals surface area contributed by atoms with Crippen LogP contribution in [0.3, 0.4) is 0 Å². The van der Waals surface area contributed by atoms with Crippen molar-refractivity contribution in [3.63, 3.8) is 0 Å². The predicted octanol–water partition coefficient (Wildman–Crippen LogP) is 13.1. The van der Waals surface area contributed by atoms with Crippen LogP contribution in [-0.4, -0.2) is 26.9 Å². The van der Waals surface area contributed by atoms with Gasteiger partial charge in [-0.2, -0.15) is 0 Å². The summed E-state index contributed by atoms with van der Waals surface area (Å²) < 4.78 is 8.34. The molecule has 56 heavy (non-hydrogen) atoms. The SMILES string of the molecule is C=C/C=C\C(=C)C(=N)c1oc2ccccc2c1N=Cc1ccc2c(c1)sc1c(-c3nc(-c4ccccc4)nc(-c4ccc(-c5ccccc5)cc4)n3)cccc12. The van der Waals surface area contributed by atoms with E-state index in [1.165, 1.54) is 0 Å². The number of hydrogen-bond acceptors (Lipinski definition) is 7. The number of aliphatic imine (C=N–C) groups is 1. The number of nitrogens with one attached hydrogen (secondary N) is 1. The third-order valence-electron chi connectivity index (χ3n) is 9.58. The number of fused-ring (bicyclic) bond motifs is 4. The molecule has 0 atom stereocenters. The van der Waals surface area contributed by atoms with Gasteiger partial charge in [-0.25, -0.2) is 15.0 Å². The molecule has 0 saturated heterocycles. The van der Waals surface area contributed by atoms with Crippen LogP contribution in [0.4, 0.5) is 5.69 Å². The van der Waals surface area contributed by atoms with Crippen molar-refractivity contribution in [2.75, 3.05) is 0 Å². The lowest BCUT2D eigenvalue weighted by molar-refractivity contribution is 0.605. The molecule has 6 aromatic carbocycles. The van der Waals surface area contributed by atoms with E-state index in [0.717, 1.165) is 58.9 Å². The third kappa shape index (κ3) is 6.57. The molecule has 0 saturated carbocycles. The number of hydrogen-bond donors (Lipinski definition) is 1. The molecule has 3 aromatic heterocycles. The number of allylic oxidation sites excluding steroid dienone is 4. The van der Waals surface area contributed by atoms with Gasteiger partial charge in [0.25, 0.3) is 0 Å². The van der Waals surface area contributed by atoms with Crippen molar-refractivity contribution >= 4 is 60.1 Å². The van der Waals surface area contributed by atoms with Crippen LogP contribution in [-0.2, 0) is 0 Å². The lowest BCUT2D eigenvalue weighted by Gasteiger charge is -2.09. The summed E-state index contributed by atoms with van der Waals surface area (Å²) in [5, 5.41) is 11.9. The van der Waals surface area contributed by atoms with Crippen molar-refractivity contribution in [2.24, 2.45) is 4.99 Å². The molecule has 0 aliphatic carbocycles. The number of aromatic nitrogens is 3. The van der Waals surface area contributed by atoms with Gasteiger partial charge in [-0.15, -0.1) is 11.3 Å². The summed E-state index contributed by atoms with van der Waals surface area (Å²) in [6.45, 7) is 7.78. The fourth-order valence-corrected chi connectivity index (χ4v) is 8.00. The highest BCUT2D eigenvalue weighted by atomic mass is 32.1. The normalized spacial score (nSPS) is 11.6. The fraction of sp³-hybridized carbons (Fsp3) is 0. The first-order valence-electron chi connectivity index (χ1n) is 18.1. The van der Waals surface area contributed by atoms with Crippen LogP contribution in [0.5, 0.6) is 0 Å². The minimum Gasteiger partial charge on any atom is -0.452 e. The molecular formula is C49H33N5OS. The number of thiophene rings is 1. The Kier molecular flexibility index (Phi) is 9.11. The van der Waals surface area contributed by atoms with E-state index >= 15 is 0 Å². The van der Waals surface area contributed by atoms with Gasteiger partial charge < -0.3 is 4.42 Å². The van der Waals surface area contributed by atoms with Gasteiger partial charge in [0.2, 0.25) is 0 Å². The number of nitrogens with zero attached hydrogens (tertiary/aromatic N) is 4. The summed E-state index contributed by atoms with van der Waals surface area (Å²) in [6.07, 6.45) is 6.97. The molecule has 1 N–H and O–H groups in total. The first kappa shape index (κ1) is 34.4. The molecular weight excluding hydrogens is 707 g/mol. The zero-order valence-corrected chi connectivity index (χ0v) is 31.0. The minimum absolute atomic E-state index is 0.167. The van der Waals surface area contributed by atoms with Gasteiger partial charge in [-0.1, -0.05) is 153 Å². The van der Waals surface area contributed by atoms with Gasteiger partial charge in [-0.3, -0.25) is 10.4 Å². The largest absolute Gasteiger partial charge is 0.452 e. The Morgan fingerprint density at radius 3 is 2.02 bits per heavy atom. The van der Waals surface area contributed by atoms with Crippen LogP contribution in [0.2, 0.25) is 0 Å². The lowest BCUT2D eigenvalue weighted by Crippen LogP contribution is -2.00. The van der Waals surface area contributed by atoms with Gasteiger partial charge in [-0.05, 0) is 46.5 Å².